The molecule has 39 heavy (non-hydrogen) atoms. The van der Waals surface area contributed by atoms with E-state index in [0.29, 0.717) is 34.1 Å². The van der Waals surface area contributed by atoms with Crippen molar-refractivity contribution >= 4 is 28.6 Å². The number of carboxylic acids is 1. The molecule has 6 nitrogen and oxygen atoms in total. The van der Waals surface area contributed by atoms with E-state index in [9.17, 15) is 14.3 Å². The Bertz CT molecular complexity index is 1590. The largest absolute Gasteiger partial charge is 0.493 e. The summed E-state index contributed by atoms with van der Waals surface area (Å²) in [6, 6.07) is 10.9. The first-order valence-corrected chi connectivity index (χ1v) is 13.4. The van der Waals surface area contributed by atoms with Crippen LogP contribution in [0.5, 0.6) is 5.75 Å². The van der Waals surface area contributed by atoms with Crippen LogP contribution in [0, 0.1) is 19.7 Å². The molecule has 0 radical (unpaired) electrons. The minimum atomic E-state index is -1.24. The first-order chi connectivity index (χ1) is 18.4. The quantitative estimate of drug-likeness (QED) is 0.270. The molecule has 1 N–H and O–H groups in total. The van der Waals surface area contributed by atoms with Crippen molar-refractivity contribution in [3.8, 4) is 16.9 Å². The molecule has 0 spiro atoms. The monoisotopic (exact) mass is 550 g/mol. The van der Waals surface area contributed by atoms with Crippen LogP contribution in [0.15, 0.2) is 42.6 Å². The summed E-state index contributed by atoms with van der Waals surface area (Å²) in [6.45, 7) is 9.98. The number of hydrogen-bond acceptors (Lipinski definition) is 4. The molecule has 3 heterocycles. The second-order valence-electron chi connectivity index (χ2n) is 11.0. The van der Waals surface area contributed by atoms with Crippen LogP contribution >= 0.6 is 11.6 Å². The first kappa shape index (κ1) is 27.2. The Labute approximate surface area is 232 Å². The van der Waals surface area contributed by atoms with Crippen molar-refractivity contribution in [1.29, 1.82) is 0 Å². The van der Waals surface area contributed by atoms with Crippen molar-refractivity contribution in [2.24, 2.45) is 0 Å². The molecule has 0 aliphatic carbocycles. The highest BCUT2D eigenvalue weighted by molar-refractivity contribution is 6.32. The molecule has 5 rings (SSSR count). The van der Waals surface area contributed by atoms with Crippen LogP contribution in [0.1, 0.15) is 61.2 Å². The van der Waals surface area contributed by atoms with Gasteiger partial charge in [-0.2, -0.15) is 0 Å². The molecular weight excluding hydrogens is 519 g/mol. The Hall–Kier alpha value is -3.42. The number of rotatable bonds is 6. The number of carbonyl (C=O) groups is 1. The lowest BCUT2D eigenvalue weighted by Crippen LogP contribution is -2.28. The zero-order valence-corrected chi connectivity index (χ0v) is 23.5. The molecular formula is C31H32ClFN2O4. The summed E-state index contributed by atoms with van der Waals surface area (Å²) < 4.78 is 28.6. The number of halogens is 2. The van der Waals surface area contributed by atoms with Crippen molar-refractivity contribution in [2.45, 2.75) is 65.7 Å². The zero-order chi connectivity index (χ0) is 28.1. The van der Waals surface area contributed by atoms with Crippen LogP contribution in [-0.4, -0.2) is 32.8 Å². The summed E-state index contributed by atoms with van der Waals surface area (Å²) in [7, 11) is 0. The zero-order valence-electron chi connectivity index (χ0n) is 22.8. The van der Waals surface area contributed by atoms with Gasteiger partial charge in [-0.15, -0.1) is 0 Å². The van der Waals surface area contributed by atoms with Gasteiger partial charge in [0, 0.05) is 34.0 Å². The normalized spacial score (nSPS) is 14.2. The van der Waals surface area contributed by atoms with Crippen LogP contribution in [0.2, 0.25) is 5.02 Å². The van der Waals surface area contributed by atoms with E-state index in [1.54, 1.807) is 13.0 Å². The Morgan fingerprint density at radius 2 is 2.00 bits per heavy atom. The van der Waals surface area contributed by atoms with Crippen LogP contribution < -0.4 is 4.74 Å². The van der Waals surface area contributed by atoms with Crippen molar-refractivity contribution < 1.29 is 23.8 Å². The minimum absolute atomic E-state index is 0.181. The van der Waals surface area contributed by atoms with Gasteiger partial charge in [-0.25, -0.2) is 14.2 Å². The molecule has 0 saturated carbocycles. The lowest BCUT2D eigenvalue weighted by Gasteiger charge is -2.28. The summed E-state index contributed by atoms with van der Waals surface area (Å²) >= 11 is 6.49. The molecule has 204 valence electrons. The van der Waals surface area contributed by atoms with Crippen LogP contribution in [0.3, 0.4) is 0 Å². The Morgan fingerprint density at radius 3 is 2.72 bits per heavy atom. The standard InChI is InChI=1S/C31H32ClFN2O4/c1-17-8-10-23(33)22(27(17)32)16-35-13-12-21-26(20-9-11-24-19(15-20)7-6-14-38-24)25(18(2)34-29(21)35)28(30(36)37)39-31(3,4)5/h8-13,15,28H,6-7,14,16H2,1-5H3,(H,36,37). The van der Waals surface area contributed by atoms with Gasteiger partial charge in [0.25, 0.3) is 0 Å². The molecule has 4 aromatic rings. The third-order valence-corrected chi connectivity index (χ3v) is 7.53. The number of aryl methyl sites for hydroxylation is 3. The summed E-state index contributed by atoms with van der Waals surface area (Å²) in [4.78, 5) is 17.5. The lowest BCUT2D eigenvalue weighted by molar-refractivity contribution is -0.160. The van der Waals surface area contributed by atoms with Crippen molar-refractivity contribution in [3.05, 3.63) is 81.4 Å². The number of nitrogens with zero attached hydrogens (tertiary/aromatic N) is 2. The fourth-order valence-corrected chi connectivity index (χ4v) is 5.43. The first-order valence-electron chi connectivity index (χ1n) is 13.0. The molecule has 1 unspecified atom stereocenters. The van der Waals surface area contributed by atoms with Crippen molar-refractivity contribution in [1.82, 2.24) is 9.55 Å². The molecule has 2 aromatic carbocycles. The number of pyridine rings is 1. The van der Waals surface area contributed by atoms with Gasteiger partial charge in [-0.3, -0.25) is 0 Å². The summed E-state index contributed by atoms with van der Waals surface area (Å²) in [5.74, 6) is -0.638. The van der Waals surface area contributed by atoms with E-state index in [4.69, 9.17) is 26.1 Å². The summed E-state index contributed by atoms with van der Waals surface area (Å²) in [6.07, 6.45) is 2.39. The van der Waals surface area contributed by atoms with Gasteiger partial charge >= 0.3 is 5.97 Å². The SMILES string of the molecule is Cc1ccc(F)c(Cn2ccc3c(-c4ccc5c(c4)CCCO5)c(C(OC(C)(C)C)C(=O)O)c(C)nc32)c1Cl. The number of benzene rings is 2. The Balaban J connectivity index is 1.76. The fourth-order valence-electron chi connectivity index (χ4n) is 5.22. The summed E-state index contributed by atoms with van der Waals surface area (Å²) in [5, 5.41) is 11.4. The second-order valence-corrected chi connectivity index (χ2v) is 11.4. The third kappa shape index (κ3) is 5.25. The molecule has 1 atom stereocenters. The molecule has 0 amide bonds. The molecule has 0 saturated heterocycles. The average Bonchev–Trinajstić information content (AvgIpc) is 3.27. The maximum absolute atomic E-state index is 14.8. The highest BCUT2D eigenvalue weighted by atomic mass is 35.5. The van der Waals surface area contributed by atoms with E-state index >= 15 is 0 Å². The molecule has 1 aliphatic heterocycles. The Morgan fingerprint density at radius 1 is 1.23 bits per heavy atom. The number of aliphatic carboxylic acids is 1. The maximum atomic E-state index is 14.8. The van der Waals surface area contributed by atoms with Crippen LogP contribution in [0.25, 0.3) is 22.2 Å². The predicted octanol–water partition coefficient (Wildman–Crippen LogP) is 7.43. The van der Waals surface area contributed by atoms with E-state index in [-0.39, 0.29) is 12.4 Å². The van der Waals surface area contributed by atoms with Crippen LogP contribution in [-0.2, 0) is 22.5 Å². The second kappa shape index (κ2) is 10.3. The van der Waals surface area contributed by atoms with Gasteiger partial charge in [0.05, 0.1) is 23.8 Å². The van der Waals surface area contributed by atoms with E-state index in [1.165, 1.54) is 6.07 Å². The third-order valence-electron chi connectivity index (χ3n) is 7.00. The molecule has 2 aromatic heterocycles. The maximum Gasteiger partial charge on any atom is 0.337 e. The van der Waals surface area contributed by atoms with Gasteiger partial charge in [0.15, 0.2) is 6.10 Å². The minimum Gasteiger partial charge on any atom is -0.493 e. The molecule has 8 heteroatoms. The van der Waals surface area contributed by atoms with Gasteiger partial charge < -0.3 is 19.1 Å². The van der Waals surface area contributed by atoms with Crippen molar-refractivity contribution in [2.75, 3.05) is 6.61 Å². The van der Waals surface area contributed by atoms with E-state index in [1.807, 2.05) is 56.7 Å². The molecule has 0 fully saturated rings. The summed E-state index contributed by atoms with van der Waals surface area (Å²) in [5.41, 5.74) is 4.75. The van der Waals surface area contributed by atoms with Crippen molar-refractivity contribution in [3.63, 3.8) is 0 Å². The highest BCUT2D eigenvalue weighted by Gasteiger charge is 2.33. The van der Waals surface area contributed by atoms with Gasteiger partial charge in [0.1, 0.15) is 17.2 Å². The number of fused-ring (bicyclic) bond motifs is 2. The number of hydrogen-bond donors (Lipinski definition) is 1. The average molecular weight is 551 g/mol. The van der Waals surface area contributed by atoms with E-state index in [2.05, 4.69) is 6.07 Å². The predicted molar refractivity (Wildman–Crippen MR) is 150 cm³/mol. The lowest BCUT2D eigenvalue weighted by atomic mass is 9.90. The van der Waals surface area contributed by atoms with E-state index < -0.39 is 17.7 Å². The molecule has 1 aliphatic rings. The number of carboxylic acid groups (broad SMARTS) is 1. The van der Waals surface area contributed by atoms with E-state index in [0.717, 1.165) is 46.2 Å². The van der Waals surface area contributed by atoms with Gasteiger partial charge in [-0.05, 0) is 88.4 Å². The Kier molecular flexibility index (Phi) is 7.16. The topological polar surface area (TPSA) is 73.6 Å². The molecule has 0 bridgehead atoms. The number of aromatic nitrogens is 2. The number of ether oxygens (including phenoxy) is 2. The smallest absolute Gasteiger partial charge is 0.337 e. The van der Waals surface area contributed by atoms with Crippen LogP contribution in [0.4, 0.5) is 4.39 Å². The highest BCUT2D eigenvalue weighted by Crippen LogP contribution is 2.41. The van der Waals surface area contributed by atoms with Gasteiger partial charge in [0.2, 0.25) is 0 Å². The van der Waals surface area contributed by atoms with Gasteiger partial charge in [-0.1, -0.05) is 23.7 Å². The fraction of sp³-hybridized carbons (Fsp3) is 0.355.